The van der Waals surface area contributed by atoms with Crippen molar-refractivity contribution < 1.29 is 32.7 Å². The molecule has 0 aliphatic heterocycles. The number of hydrogen-bond donors (Lipinski definition) is 4. The first-order valence-corrected chi connectivity index (χ1v) is 14.0. The molecular formula is C33H35F3N4O4. The Morgan fingerprint density at radius 1 is 0.818 bits per heavy atom. The molecule has 0 spiro atoms. The summed E-state index contributed by atoms with van der Waals surface area (Å²) in [5.41, 5.74) is 15.7. The molecule has 44 heavy (non-hydrogen) atoms. The van der Waals surface area contributed by atoms with Gasteiger partial charge in [0.1, 0.15) is 0 Å². The van der Waals surface area contributed by atoms with Gasteiger partial charge in [0.15, 0.2) is 0 Å². The van der Waals surface area contributed by atoms with Crippen LogP contribution in [0.1, 0.15) is 34.3 Å². The van der Waals surface area contributed by atoms with E-state index in [0.29, 0.717) is 51.1 Å². The van der Waals surface area contributed by atoms with E-state index in [-0.39, 0.29) is 11.8 Å². The van der Waals surface area contributed by atoms with Gasteiger partial charge in [0.05, 0.1) is 0 Å². The first-order chi connectivity index (χ1) is 21.0. The Hall–Kier alpha value is -4.74. The maximum absolute atomic E-state index is 13.3. The van der Waals surface area contributed by atoms with E-state index in [1.165, 1.54) is 0 Å². The monoisotopic (exact) mass is 608 g/mol. The molecule has 0 radical (unpaired) electrons. The Bertz CT molecular complexity index is 1570. The van der Waals surface area contributed by atoms with Crippen LogP contribution < -0.4 is 16.8 Å². The molecule has 0 aromatic heterocycles. The second-order valence-corrected chi connectivity index (χ2v) is 9.87. The number of carboxylic acid groups (broad SMARTS) is 1. The molecule has 0 unspecified atom stereocenters. The van der Waals surface area contributed by atoms with E-state index in [0.717, 1.165) is 33.0 Å². The number of nitrogens with zero attached hydrogens (tertiary/aromatic N) is 1. The van der Waals surface area contributed by atoms with Crippen molar-refractivity contribution in [2.24, 2.45) is 11.5 Å². The molecule has 0 saturated heterocycles. The molecule has 4 aromatic rings. The van der Waals surface area contributed by atoms with Gasteiger partial charge in [-0.2, -0.15) is 13.2 Å². The van der Waals surface area contributed by atoms with E-state index >= 15 is 0 Å². The normalized spacial score (nSPS) is 10.9. The highest BCUT2D eigenvalue weighted by molar-refractivity contribution is 6.01. The van der Waals surface area contributed by atoms with Gasteiger partial charge in [0.2, 0.25) is 5.91 Å². The maximum atomic E-state index is 13.3. The number of nitrogens with one attached hydrogen (secondary N) is 1. The number of halogens is 3. The quantitative estimate of drug-likeness (QED) is 0.187. The fourth-order valence-corrected chi connectivity index (χ4v) is 4.55. The number of fused-ring (bicyclic) bond motifs is 1. The van der Waals surface area contributed by atoms with Crippen LogP contribution in [0.3, 0.4) is 0 Å². The molecule has 4 aromatic carbocycles. The molecule has 4 rings (SSSR count). The lowest BCUT2D eigenvalue weighted by Crippen LogP contribution is -2.30. The first-order valence-electron chi connectivity index (χ1n) is 14.0. The number of amides is 2. The van der Waals surface area contributed by atoms with Crippen LogP contribution in [-0.2, 0) is 22.7 Å². The molecule has 0 aliphatic rings. The second kappa shape index (κ2) is 16.2. The third kappa shape index (κ3) is 9.65. The zero-order valence-electron chi connectivity index (χ0n) is 24.0. The van der Waals surface area contributed by atoms with Gasteiger partial charge >= 0.3 is 12.1 Å². The van der Waals surface area contributed by atoms with Gasteiger partial charge in [-0.1, -0.05) is 78.9 Å². The molecular weight excluding hydrogens is 573 g/mol. The SMILES string of the molecule is NCCCC(=O)N(Cc1cccc(-c2ccccc2C(=O)NCCN)c1)Cc1cccc2ccccc12.O=C(O)C(F)(F)F. The molecule has 11 heteroatoms. The second-order valence-electron chi connectivity index (χ2n) is 9.87. The van der Waals surface area contributed by atoms with Crippen molar-refractivity contribution in [3.05, 3.63) is 108 Å². The summed E-state index contributed by atoms with van der Waals surface area (Å²) in [6.07, 6.45) is -4.03. The minimum absolute atomic E-state index is 0.0744. The van der Waals surface area contributed by atoms with E-state index in [1.807, 2.05) is 65.6 Å². The topological polar surface area (TPSA) is 139 Å². The molecule has 0 atom stereocenters. The number of carbonyl (C=O) groups is 3. The predicted molar refractivity (Wildman–Crippen MR) is 163 cm³/mol. The summed E-state index contributed by atoms with van der Waals surface area (Å²) in [4.78, 5) is 36.8. The Kier molecular flexibility index (Phi) is 12.4. The van der Waals surface area contributed by atoms with E-state index in [4.69, 9.17) is 21.4 Å². The Labute approximate surface area is 253 Å². The third-order valence-corrected chi connectivity index (χ3v) is 6.64. The summed E-state index contributed by atoms with van der Waals surface area (Å²) in [5, 5.41) is 12.3. The number of nitrogens with two attached hydrogens (primary N) is 2. The zero-order valence-corrected chi connectivity index (χ0v) is 24.0. The smallest absolute Gasteiger partial charge is 0.475 e. The van der Waals surface area contributed by atoms with Gasteiger partial charge in [-0.3, -0.25) is 9.59 Å². The highest BCUT2D eigenvalue weighted by Gasteiger charge is 2.38. The van der Waals surface area contributed by atoms with Crippen LogP contribution in [0, 0.1) is 0 Å². The number of benzene rings is 4. The number of aliphatic carboxylic acids is 1. The molecule has 0 bridgehead atoms. The van der Waals surface area contributed by atoms with Crippen LogP contribution in [0.5, 0.6) is 0 Å². The largest absolute Gasteiger partial charge is 0.490 e. The molecule has 0 fully saturated rings. The van der Waals surface area contributed by atoms with Gasteiger partial charge in [-0.15, -0.1) is 0 Å². The standard InChI is InChI=1S/C31H34N4O2.C2HF3O2/c32-17-7-16-30(36)35(22-26-12-6-10-24-9-1-2-13-27(24)26)21-23-8-5-11-25(20-23)28-14-3-4-15-29(28)31(37)34-19-18-33;3-2(4,5)1(6)7/h1-6,8-15,20H,7,16-19,21-22,32-33H2,(H,34,37);(H,6,7). The van der Waals surface area contributed by atoms with Crippen LogP contribution in [0.4, 0.5) is 13.2 Å². The fourth-order valence-electron chi connectivity index (χ4n) is 4.55. The van der Waals surface area contributed by atoms with Gasteiger partial charge in [0.25, 0.3) is 5.91 Å². The third-order valence-electron chi connectivity index (χ3n) is 6.64. The molecule has 8 nitrogen and oxygen atoms in total. The minimum Gasteiger partial charge on any atom is -0.475 e. The highest BCUT2D eigenvalue weighted by Crippen LogP contribution is 2.26. The molecule has 0 saturated carbocycles. The molecule has 0 heterocycles. The maximum Gasteiger partial charge on any atom is 0.490 e. The lowest BCUT2D eigenvalue weighted by Gasteiger charge is -2.24. The average Bonchev–Trinajstić information content (AvgIpc) is 3.02. The Balaban J connectivity index is 0.000000676. The zero-order chi connectivity index (χ0) is 32.1. The van der Waals surface area contributed by atoms with Crippen molar-refractivity contribution >= 4 is 28.6 Å². The average molecular weight is 609 g/mol. The number of carbonyl (C=O) groups excluding carboxylic acids is 2. The number of rotatable bonds is 11. The lowest BCUT2D eigenvalue weighted by atomic mass is 9.97. The van der Waals surface area contributed by atoms with Crippen molar-refractivity contribution in [1.82, 2.24) is 10.2 Å². The van der Waals surface area contributed by atoms with Crippen LogP contribution in [0.25, 0.3) is 21.9 Å². The summed E-state index contributed by atoms with van der Waals surface area (Å²) in [7, 11) is 0. The van der Waals surface area contributed by atoms with Crippen LogP contribution in [0.2, 0.25) is 0 Å². The van der Waals surface area contributed by atoms with E-state index in [1.54, 1.807) is 0 Å². The van der Waals surface area contributed by atoms with Crippen molar-refractivity contribution in [2.75, 3.05) is 19.6 Å². The summed E-state index contributed by atoms with van der Waals surface area (Å²) in [6, 6.07) is 30.0. The lowest BCUT2D eigenvalue weighted by molar-refractivity contribution is -0.192. The van der Waals surface area contributed by atoms with Gasteiger partial charge < -0.3 is 26.8 Å². The Morgan fingerprint density at radius 3 is 2.18 bits per heavy atom. The summed E-state index contributed by atoms with van der Waals surface area (Å²) in [5.74, 6) is -2.83. The minimum atomic E-state index is -5.08. The van der Waals surface area contributed by atoms with Crippen molar-refractivity contribution in [1.29, 1.82) is 0 Å². The number of alkyl halides is 3. The fraction of sp³-hybridized carbons (Fsp3) is 0.242. The highest BCUT2D eigenvalue weighted by atomic mass is 19.4. The molecule has 2 amide bonds. The van der Waals surface area contributed by atoms with Crippen LogP contribution >= 0.6 is 0 Å². The summed E-state index contributed by atoms with van der Waals surface area (Å²) >= 11 is 0. The van der Waals surface area contributed by atoms with Gasteiger partial charge in [-0.25, -0.2) is 4.79 Å². The van der Waals surface area contributed by atoms with Crippen LogP contribution in [0.15, 0.2) is 91.0 Å². The molecule has 0 aliphatic carbocycles. The molecule has 6 N–H and O–H groups in total. The van der Waals surface area contributed by atoms with Crippen molar-refractivity contribution in [3.8, 4) is 11.1 Å². The number of hydrogen-bond acceptors (Lipinski definition) is 5. The Morgan fingerprint density at radius 2 is 1.48 bits per heavy atom. The van der Waals surface area contributed by atoms with Crippen molar-refractivity contribution in [3.63, 3.8) is 0 Å². The van der Waals surface area contributed by atoms with E-state index < -0.39 is 12.1 Å². The summed E-state index contributed by atoms with van der Waals surface area (Å²) in [6.45, 7) is 2.25. The molecule has 232 valence electrons. The van der Waals surface area contributed by atoms with Crippen molar-refractivity contribution in [2.45, 2.75) is 32.1 Å². The van der Waals surface area contributed by atoms with E-state index in [9.17, 15) is 22.8 Å². The summed E-state index contributed by atoms with van der Waals surface area (Å²) < 4.78 is 31.7. The first kappa shape index (κ1) is 33.8. The van der Waals surface area contributed by atoms with Gasteiger partial charge in [-0.05, 0) is 58.1 Å². The number of carboxylic acids is 1. The van der Waals surface area contributed by atoms with E-state index in [2.05, 4.69) is 35.6 Å². The predicted octanol–water partition coefficient (Wildman–Crippen LogP) is 5.10. The van der Waals surface area contributed by atoms with Gasteiger partial charge in [0, 0.05) is 38.2 Å². The van der Waals surface area contributed by atoms with Crippen LogP contribution in [-0.4, -0.2) is 53.6 Å².